The summed E-state index contributed by atoms with van der Waals surface area (Å²) in [5, 5.41) is 4.14. The van der Waals surface area contributed by atoms with Gasteiger partial charge in [0.05, 0.1) is 24.5 Å². The van der Waals surface area contributed by atoms with E-state index in [9.17, 15) is 4.79 Å². The summed E-state index contributed by atoms with van der Waals surface area (Å²) >= 11 is 0. The zero-order chi connectivity index (χ0) is 21.8. The lowest BCUT2D eigenvalue weighted by Crippen LogP contribution is -2.44. The highest BCUT2D eigenvalue weighted by atomic mass is 16.5. The zero-order valence-electron chi connectivity index (χ0n) is 18.3. The summed E-state index contributed by atoms with van der Waals surface area (Å²) in [6.07, 6.45) is 4.41. The van der Waals surface area contributed by atoms with E-state index in [4.69, 9.17) is 9.26 Å². The van der Waals surface area contributed by atoms with E-state index >= 15 is 0 Å². The summed E-state index contributed by atoms with van der Waals surface area (Å²) < 4.78 is 11.3. The SMILES string of the molecule is O=C(N1CCCC(c2nc(CCOCc3ccccc3)no2)C1)C1(c2ccccc2)CC1. The summed E-state index contributed by atoms with van der Waals surface area (Å²) in [5.41, 5.74) is 1.97. The maximum Gasteiger partial charge on any atom is 0.233 e. The van der Waals surface area contributed by atoms with Gasteiger partial charge in [-0.3, -0.25) is 4.79 Å². The Morgan fingerprint density at radius 1 is 1.09 bits per heavy atom. The zero-order valence-corrected chi connectivity index (χ0v) is 18.3. The molecule has 1 aliphatic heterocycles. The molecule has 0 radical (unpaired) electrons. The van der Waals surface area contributed by atoms with Gasteiger partial charge in [-0.15, -0.1) is 0 Å². The molecule has 0 spiro atoms. The van der Waals surface area contributed by atoms with Gasteiger partial charge in [-0.25, -0.2) is 0 Å². The molecule has 2 aliphatic rings. The summed E-state index contributed by atoms with van der Waals surface area (Å²) in [7, 11) is 0. The van der Waals surface area contributed by atoms with Crippen LogP contribution in [0.1, 0.15) is 54.4 Å². The first-order valence-corrected chi connectivity index (χ1v) is 11.5. The number of hydrogen-bond acceptors (Lipinski definition) is 5. The molecule has 166 valence electrons. The number of piperidine rings is 1. The minimum absolute atomic E-state index is 0.103. The van der Waals surface area contributed by atoms with Crippen molar-refractivity contribution in [3.63, 3.8) is 0 Å². The van der Waals surface area contributed by atoms with Crippen LogP contribution >= 0.6 is 0 Å². The third-order valence-corrected chi connectivity index (χ3v) is 6.61. The van der Waals surface area contributed by atoms with Crippen LogP contribution in [0.3, 0.4) is 0 Å². The lowest BCUT2D eigenvalue weighted by Gasteiger charge is -2.34. The van der Waals surface area contributed by atoms with Crippen molar-refractivity contribution in [2.45, 2.75) is 50.0 Å². The fraction of sp³-hybridized carbons (Fsp3) is 0.423. The first-order valence-electron chi connectivity index (χ1n) is 11.5. The molecule has 1 unspecified atom stereocenters. The van der Waals surface area contributed by atoms with E-state index < -0.39 is 0 Å². The van der Waals surface area contributed by atoms with Crippen molar-refractivity contribution in [3.8, 4) is 0 Å². The van der Waals surface area contributed by atoms with Crippen molar-refractivity contribution in [1.29, 1.82) is 0 Å². The smallest absolute Gasteiger partial charge is 0.233 e. The van der Waals surface area contributed by atoms with E-state index in [1.807, 2.05) is 53.4 Å². The molecule has 1 aliphatic carbocycles. The van der Waals surface area contributed by atoms with Gasteiger partial charge in [0.2, 0.25) is 11.8 Å². The Kier molecular flexibility index (Phi) is 6.04. The Bertz CT molecular complexity index is 1030. The van der Waals surface area contributed by atoms with Crippen LogP contribution < -0.4 is 0 Å². The van der Waals surface area contributed by atoms with Gasteiger partial charge in [-0.2, -0.15) is 4.98 Å². The number of nitrogens with zero attached hydrogens (tertiary/aromatic N) is 3. The van der Waals surface area contributed by atoms with Crippen molar-refractivity contribution < 1.29 is 14.1 Å². The van der Waals surface area contributed by atoms with Gasteiger partial charge < -0.3 is 14.2 Å². The highest BCUT2D eigenvalue weighted by Crippen LogP contribution is 2.50. The Hall–Kier alpha value is -2.99. The average Bonchev–Trinajstić information content (AvgIpc) is 3.54. The summed E-state index contributed by atoms with van der Waals surface area (Å²) in [5.74, 6) is 1.66. The van der Waals surface area contributed by atoms with E-state index in [2.05, 4.69) is 22.3 Å². The molecule has 0 bridgehead atoms. The Labute approximate surface area is 188 Å². The van der Waals surface area contributed by atoms with Gasteiger partial charge >= 0.3 is 0 Å². The van der Waals surface area contributed by atoms with Crippen LogP contribution in [0, 0.1) is 0 Å². The second-order valence-corrected chi connectivity index (χ2v) is 8.88. The standard InChI is InChI=1S/C26H29N3O3/c30-25(26(14-15-26)22-11-5-2-6-12-22)29-16-7-10-21(18-29)24-27-23(28-32-24)13-17-31-19-20-8-3-1-4-9-20/h1-6,8-9,11-12,21H,7,10,13-19H2. The van der Waals surface area contributed by atoms with Crippen molar-refractivity contribution >= 4 is 5.91 Å². The molecule has 1 amide bonds. The molecule has 1 saturated carbocycles. The number of amides is 1. The Morgan fingerprint density at radius 3 is 2.59 bits per heavy atom. The van der Waals surface area contributed by atoms with Crippen molar-refractivity contribution in [2.75, 3.05) is 19.7 Å². The molecular weight excluding hydrogens is 402 g/mol. The molecular formula is C26H29N3O3. The number of rotatable bonds is 8. The normalized spacial score (nSPS) is 19.6. The number of carbonyl (C=O) groups is 1. The molecule has 0 N–H and O–H groups in total. The molecule has 6 nitrogen and oxygen atoms in total. The molecule has 1 aromatic heterocycles. The number of carbonyl (C=O) groups excluding carboxylic acids is 1. The highest BCUT2D eigenvalue weighted by molar-refractivity contribution is 5.91. The summed E-state index contributed by atoms with van der Waals surface area (Å²) in [4.78, 5) is 20.0. The molecule has 6 heteroatoms. The lowest BCUT2D eigenvalue weighted by atomic mass is 9.91. The summed E-state index contributed by atoms with van der Waals surface area (Å²) in [6, 6.07) is 20.3. The van der Waals surface area contributed by atoms with Gasteiger partial charge in [0.1, 0.15) is 0 Å². The van der Waals surface area contributed by atoms with Crippen LogP contribution in [-0.2, 0) is 28.0 Å². The fourth-order valence-electron chi connectivity index (χ4n) is 4.64. The van der Waals surface area contributed by atoms with Gasteiger partial charge in [-0.1, -0.05) is 65.8 Å². The third kappa shape index (κ3) is 4.46. The number of likely N-dealkylation sites (tertiary alicyclic amines) is 1. The maximum atomic E-state index is 13.4. The van der Waals surface area contributed by atoms with Gasteiger partial charge in [0.15, 0.2) is 5.82 Å². The highest BCUT2D eigenvalue weighted by Gasteiger charge is 2.53. The summed E-state index contributed by atoms with van der Waals surface area (Å²) in [6.45, 7) is 2.58. The minimum Gasteiger partial charge on any atom is -0.376 e. The quantitative estimate of drug-likeness (QED) is 0.498. The maximum absolute atomic E-state index is 13.4. The van der Waals surface area contributed by atoms with Gasteiger partial charge in [-0.05, 0) is 36.8 Å². The number of benzene rings is 2. The van der Waals surface area contributed by atoms with Crippen LogP contribution in [-0.4, -0.2) is 40.6 Å². The van der Waals surface area contributed by atoms with E-state index in [0.29, 0.717) is 37.9 Å². The van der Waals surface area contributed by atoms with Crippen LogP contribution in [0.2, 0.25) is 0 Å². The lowest BCUT2D eigenvalue weighted by molar-refractivity contribution is -0.135. The van der Waals surface area contributed by atoms with Gasteiger partial charge in [0, 0.05) is 19.5 Å². The number of ether oxygens (including phenoxy) is 1. The molecule has 32 heavy (non-hydrogen) atoms. The van der Waals surface area contributed by atoms with E-state index in [0.717, 1.165) is 43.4 Å². The van der Waals surface area contributed by atoms with E-state index in [1.165, 1.54) is 0 Å². The third-order valence-electron chi connectivity index (χ3n) is 6.61. The molecule has 1 saturated heterocycles. The fourth-order valence-corrected chi connectivity index (χ4v) is 4.64. The predicted molar refractivity (Wildman–Crippen MR) is 120 cm³/mol. The first kappa shape index (κ1) is 20.9. The van der Waals surface area contributed by atoms with Crippen LogP contribution in [0.25, 0.3) is 0 Å². The largest absolute Gasteiger partial charge is 0.376 e. The van der Waals surface area contributed by atoms with Crippen molar-refractivity contribution in [1.82, 2.24) is 15.0 Å². The van der Waals surface area contributed by atoms with Gasteiger partial charge in [0.25, 0.3) is 0 Å². The van der Waals surface area contributed by atoms with Crippen LogP contribution in [0.5, 0.6) is 0 Å². The molecule has 2 aromatic carbocycles. The second-order valence-electron chi connectivity index (χ2n) is 8.88. The molecule has 5 rings (SSSR count). The van der Waals surface area contributed by atoms with Crippen molar-refractivity contribution in [2.24, 2.45) is 0 Å². The van der Waals surface area contributed by atoms with E-state index in [-0.39, 0.29) is 17.2 Å². The van der Waals surface area contributed by atoms with Crippen molar-refractivity contribution in [3.05, 3.63) is 83.5 Å². The van der Waals surface area contributed by atoms with Crippen LogP contribution in [0.15, 0.2) is 65.2 Å². The monoisotopic (exact) mass is 431 g/mol. The Balaban J connectivity index is 1.16. The average molecular weight is 432 g/mol. The first-order chi connectivity index (χ1) is 15.7. The minimum atomic E-state index is -0.320. The molecule has 3 aromatic rings. The molecule has 2 heterocycles. The topological polar surface area (TPSA) is 68.5 Å². The van der Waals surface area contributed by atoms with Crippen LogP contribution in [0.4, 0.5) is 0 Å². The van der Waals surface area contributed by atoms with E-state index in [1.54, 1.807) is 0 Å². The number of aromatic nitrogens is 2. The number of hydrogen-bond donors (Lipinski definition) is 0. The molecule has 2 fully saturated rings. The second kappa shape index (κ2) is 9.25. The molecule has 1 atom stereocenters. The predicted octanol–water partition coefficient (Wildman–Crippen LogP) is 4.27. The Morgan fingerprint density at radius 2 is 1.84 bits per heavy atom.